The fourth-order valence-electron chi connectivity index (χ4n) is 3.82. The van der Waals surface area contributed by atoms with E-state index in [0.717, 1.165) is 0 Å². The number of rotatable bonds is 6. The zero-order valence-corrected chi connectivity index (χ0v) is 19.2. The van der Waals surface area contributed by atoms with Crippen LogP contribution in [0, 0.1) is 22.7 Å². The minimum absolute atomic E-state index is 0.0745. The lowest BCUT2D eigenvalue weighted by Gasteiger charge is -2.27. The Labute approximate surface area is 191 Å². The van der Waals surface area contributed by atoms with E-state index < -0.39 is 35.3 Å². The molecule has 0 aromatic heterocycles. The van der Waals surface area contributed by atoms with Gasteiger partial charge >= 0.3 is 12.3 Å². The van der Waals surface area contributed by atoms with Crippen molar-refractivity contribution in [3.63, 3.8) is 0 Å². The number of alkyl halides is 3. The van der Waals surface area contributed by atoms with E-state index in [-0.39, 0.29) is 27.9 Å². The van der Waals surface area contributed by atoms with Gasteiger partial charge in [-0.15, -0.1) is 13.2 Å². The van der Waals surface area contributed by atoms with Gasteiger partial charge in [-0.3, -0.25) is 9.69 Å². The van der Waals surface area contributed by atoms with Crippen LogP contribution in [0.1, 0.15) is 46.3 Å². The van der Waals surface area contributed by atoms with Crippen molar-refractivity contribution < 1.29 is 27.4 Å². The Morgan fingerprint density at radius 3 is 2.21 bits per heavy atom. The third-order valence-corrected chi connectivity index (χ3v) is 5.51. The molecule has 176 valence electrons. The molecule has 2 aromatic rings. The van der Waals surface area contributed by atoms with E-state index in [1.54, 1.807) is 6.07 Å². The highest BCUT2D eigenvalue weighted by molar-refractivity contribution is 5.79. The van der Waals surface area contributed by atoms with Gasteiger partial charge in [0.05, 0.1) is 17.6 Å². The number of anilines is 2. The molecule has 1 fully saturated rings. The summed E-state index contributed by atoms with van der Waals surface area (Å²) in [6.45, 7) is 9.39. The lowest BCUT2D eigenvalue weighted by Crippen LogP contribution is -2.33. The number of hydrogen-bond acceptors (Lipinski definition) is 5. The zero-order valence-electron chi connectivity index (χ0n) is 19.2. The van der Waals surface area contributed by atoms with Crippen molar-refractivity contribution in [3.05, 3.63) is 60.2 Å². The number of para-hydroxylation sites is 1. The largest absolute Gasteiger partial charge is 0.489 e. The average Bonchev–Trinajstić information content (AvgIpc) is 3.24. The summed E-state index contributed by atoms with van der Waals surface area (Å²) in [6.07, 6.45) is -6.42. The van der Waals surface area contributed by atoms with Gasteiger partial charge < -0.3 is 9.47 Å². The summed E-state index contributed by atoms with van der Waals surface area (Å²) in [6, 6.07) is 14.6. The van der Waals surface area contributed by atoms with Crippen LogP contribution in [0.15, 0.2) is 54.6 Å². The van der Waals surface area contributed by atoms with Crippen molar-refractivity contribution in [3.8, 4) is 6.07 Å². The summed E-state index contributed by atoms with van der Waals surface area (Å²) in [5, 5.41) is 9.63. The highest BCUT2D eigenvalue weighted by Gasteiger charge is 2.65. The first-order valence-electron chi connectivity index (χ1n) is 10.6. The molecule has 3 rings (SSSR count). The first-order valence-corrected chi connectivity index (χ1v) is 10.6. The van der Waals surface area contributed by atoms with Crippen LogP contribution < -0.4 is 4.90 Å². The van der Waals surface area contributed by atoms with Crippen LogP contribution in [0.25, 0.3) is 0 Å². The molecule has 0 heterocycles. The lowest BCUT2D eigenvalue weighted by atomic mass is 10.1. The first-order chi connectivity index (χ1) is 15.3. The number of ether oxygens (including phenoxy) is 2. The summed E-state index contributed by atoms with van der Waals surface area (Å²) in [5.41, 5.74) is -1.04. The van der Waals surface area contributed by atoms with E-state index in [1.165, 1.54) is 48.5 Å². The molecule has 1 aliphatic carbocycles. The predicted octanol–water partition coefficient (Wildman–Crippen LogP) is 6.29. The Hall–Kier alpha value is -3.05. The molecule has 1 saturated carbocycles. The number of benzene rings is 2. The van der Waals surface area contributed by atoms with Crippen LogP contribution in [-0.4, -0.2) is 24.0 Å². The van der Waals surface area contributed by atoms with Crippen molar-refractivity contribution >= 4 is 17.3 Å². The molecule has 0 saturated heterocycles. The predicted molar refractivity (Wildman–Crippen MR) is 117 cm³/mol. The van der Waals surface area contributed by atoms with Crippen molar-refractivity contribution in [1.82, 2.24) is 0 Å². The van der Waals surface area contributed by atoms with Gasteiger partial charge in [0.2, 0.25) is 6.10 Å². The van der Waals surface area contributed by atoms with Gasteiger partial charge in [0, 0.05) is 22.4 Å². The van der Waals surface area contributed by atoms with E-state index in [4.69, 9.17) is 9.47 Å². The monoisotopic (exact) mass is 460 g/mol. The van der Waals surface area contributed by atoms with E-state index in [1.807, 2.05) is 40.7 Å². The van der Waals surface area contributed by atoms with Gasteiger partial charge in [-0.1, -0.05) is 44.2 Å². The van der Waals surface area contributed by atoms with Crippen LogP contribution in [0.2, 0.25) is 0 Å². The summed E-state index contributed by atoms with van der Waals surface area (Å²) >= 11 is 0. The average molecular weight is 460 g/mol. The SMILES string of the molecule is CC(C)(C)OC1C(C(=O)OC(C#N)c2cccc(N(c3ccccc3)C(F)(F)F)c2)C1(C)C. The normalized spacial score (nSPS) is 20.5. The minimum atomic E-state index is -4.70. The third-order valence-electron chi connectivity index (χ3n) is 5.51. The van der Waals surface area contributed by atoms with Gasteiger partial charge in [0.1, 0.15) is 6.07 Å². The Morgan fingerprint density at radius 1 is 1.06 bits per heavy atom. The van der Waals surface area contributed by atoms with Crippen molar-refractivity contribution in [2.45, 2.75) is 58.7 Å². The fourth-order valence-corrected chi connectivity index (χ4v) is 3.82. The van der Waals surface area contributed by atoms with Gasteiger partial charge in [-0.05, 0) is 45.0 Å². The quantitative estimate of drug-likeness (QED) is 0.374. The number of nitrogens with zero attached hydrogens (tertiary/aromatic N) is 2. The number of carbonyl (C=O) groups excluding carboxylic acids is 1. The molecule has 1 aliphatic rings. The molecule has 2 aromatic carbocycles. The molecule has 3 unspecified atom stereocenters. The van der Waals surface area contributed by atoms with E-state index in [9.17, 15) is 23.2 Å². The van der Waals surface area contributed by atoms with E-state index in [0.29, 0.717) is 0 Å². The van der Waals surface area contributed by atoms with Crippen LogP contribution in [-0.2, 0) is 14.3 Å². The summed E-state index contributed by atoms with van der Waals surface area (Å²) < 4.78 is 52.9. The molecular formula is C25H27F3N2O3. The minimum Gasteiger partial charge on any atom is -0.442 e. The second-order valence-electron chi connectivity index (χ2n) is 9.63. The highest BCUT2D eigenvalue weighted by Crippen LogP contribution is 2.56. The van der Waals surface area contributed by atoms with Crippen LogP contribution in [0.5, 0.6) is 0 Å². The van der Waals surface area contributed by atoms with Crippen LogP contribution in [0.4, 0.5) is 24.5 Å². The first kappa shape index (κ1) is 24.6. The molecule has 0 amide bonds. The second kappa shape index (κ2) is 8.71. The molecular weight excluding hydrogens is 433 g/mol. The maximum atomic E-state index is 13.9. The standard InChI is InChI=1S/C25H27F3N2O3/c1-23(2,3)33-21-20(24(21,4)5)22(31)32-19(15-29)16-10-9-13-18(14-16)30(25(26,27)28)17-11-7-6-8-12-17/h6-14,19-21H,1-5H3. The van der Waals surface area contributed by atoms with Gasteiger partial charge in [0.15, 0.2) is 0 Å². The van der Waals surface area contributed by atoms with Crippen molar-refractivity contribution in [2.24, 2.45) is 11.3 Å². The number of carbonyl (C=O) groups is 1. The summed E-state index contributed by atoms with van der Waals surface area (Å²) in [7, 11) is 0. The van der Waals surface area contributed by atoms with Crippen LogP contribution in [0.3, 0.4) is 0 Å². The Bertz CT molecular complexity index is 1040. The van der Waals surface area contributed by atoms with E-state index in [2.05, 4.69) is 0 Å². The second-order valence-corrected chi connectivity index (χ2v) is 9.63. The number of halogens is 3. The smallest absolute Gasteiger partial charge is 0.442 e. The van der Waals surface area contributed by atoms with Crippen molar-refractivity contribution in [1.29, 1.82) is 5.26 Å². The van der Waals surface area contributed by atoms with Crippen LogP contribution >= 0.6 is 0 Å². The number of esters is 1. The van der Waals surface area contributed by atoms with Gasteiger partial charge in [-0.25, -0.2) is 0 Å². The Kier molecular flexibility index (Phi) is 6.49. The Balaban J connectivity index is 1.84. The molecule has 0 radical (unpaired) electrons. The maximum absolute atomic E-state index is 13.9. The number of nitriles is 1. The molecule has 33 heavy (non-hydrogen) atoms. The lowest BCUT2D eigenvalue weighted by molar-refractivity contribution is -0.150. The third kappa shape index (κ3) is 5.48. The Morgan fingerprint density at radius 2 is 1.67 bits per heavy atom. The molecule has 0 spiro atoms. The zero-order chi connectivity index (χ0) is 24.6. The van der Waals surface area contributed by atoms with Gasteiger partial charge in [-0.2, -0.15) is 5.26 Å². The van der Waals surface area contributed by atoms with Crippen molar-refractivity contribution in [2.75, 3.05) is 4.90 Å². The summed E-state index contributed by atoms with van der Waals surface area (Å²) in [4.78, 5) is 13.0. The molecule has 5 nitrogen and oxygen atoms in total. The number of hydrogen-bond donors (Lipinski definition) is 0. The molecule has 0 aliphatic heterocycles. The van der Waals surface area contributed by atoms with E-state index >= 15 is 0 Å². The fraction of sp³-hybridized carbons (Fsp3) is 0.440. The molecule has 0 N–H and O–H groups in total. The van der Waals surface area contributed by atoms with Gasteiger partial charge in [0.25, 0.3) is 0 Å². The molecule has 0 bridgehead atoms. The maximum Gasteiger partial charge on any atom is 0.489 e. The topological polar surface area (TPSA) is 62.6 Å². The highest BCUT2D eigenvalue weighted by atomic mass is 19.4. The summed E-state index contributed by atoms with van der Waals surface area (Å²) in [5.74, 6) is -1.17. The molecule has 3 atom stereocenters. The molecule has 8 heteroatoms.